The van der Waals surface area contributed by atoms with Gasteiger partial charge in [-0.25, -0.2) is 4.79 Å². The number of ether oxygens (including phenoxy) is 1. The Bertz CT molecular complexity index is 421. The molecule has 0 saturated heterocycles. The second-order valence-electron chi connectivity index (χ2n) is 3.59. The molecule has 1 aromatic rings. The Kier molecular flexibility index (Phi) is 2.54. The first-order chi connectivity index (χ1) is 7.26. The van der Waals surface area contributed by atoms with Gasteiger partial charge in [0.1, 0.15) is 12.9 Å². The average Bonchev–Trinajstić information content (AvgIpc) is 2.60. The number of rotatable bonds is 3. The molecule has 3 nitrogen and oxygen atoms in total. The van der Waals surface area contributed by atoms with Crippen molar-refractivity contribution in [3.63, 3.8) is 0 Å². The van der Waals surface area contributed by atoms with Gasteiger partial charge in [0.2, 0.25) is 0 Å². The number of benzene rings is 1. The zero-order valence-electron chi connectivity index (χ0n) is 8.58. The van der Waals surface area contributed by atoms with Crippen molar-refractivity contribution in [1.29, 1.82) is 0 Å². The summed E-state index contributed by atoms with van der Waals surface area (Å²) in [5.74, 6) is -0.237. The number of cyclic esters (lactones) is 1. The topological polar surface area (TPSA) is 43.4 Å². The van der Waals surface area contributed by atoms with Crippen LogP contribution < -0.4 is 0 Å². The van der Waals surface area contributed by atoms with E-state index in [1.54, 1.807) is 0 Å². The average molecular weight is 204 g/mol. The summed E-state index contributed by atoms with van der Waals surface area (Å²) in [7, 11) is 0. The number of esters is 1. The van der Waals surface area contributed by atoms with Crippen molar-refractivity contribution < 1.29 is 14.3 Å². The van der Waals surface area contributed by atoms with Crippen LogP contribution in [0.3, 0.4) is 0 Å². The summed E-state index contributed by atoms with van der Waals surface area (Å²) in [6, 6.07) is 3.80. The summed E-state index contributed by atoms with van der Waals surface area (Å²) in [4.78, 5) is 21.9. The smallest absolute Gasteiger partial charge is 0.339 e. The first-order valence-electron chi connectivity index (χ1n) is 5.01. The lowest BCUT2D eigenvalue weighted by atomic mass is 9.96. The maximum atomic E-state index is 11.4. The minimum atomic E-state index is -0.237. The summed E-state index contributed by atoms with van der Waals surface area (Å²) in [5, 5.41) is 0. The number of aryl methyl sites for hydroxylation is 1. The Hall–Kier alpha value is -1.64. The van der Waals surface area contributed by atoms with Crippen LogP contribution in [0, 0.1) is 0 Å². The molecule has 0 atom stereocenters. The molecule has 0 radical (unpaired) electrons. The first kappa shape index (κ1) is 9.90. The molecule has 0 saturated carbocycles. The fourth-order valence-electron chi connectivity index (χ4n) is 1.92. The highest BCUT2D eigenvalue weighted by Crippen LogP contribution is 2.25. The molecule has 3 heteroatoms. The largest absolute Gasteiger partial charge is 0.457 e. The third kappa shape index (κ3) is 1.65. The van der Waals surface area contributed by atoms with Gasteiger partial charge >= 0.3 is 5.97 Å². The lowest BCUT2D eigenvalue weighted by Gasteiger charge is -2.05. The monoisotopic (exact) mass is 204 g/mol. The van der Waals surface area contributed by atoms with Crippen molar-refractivity contribution in [1.82, 2.24) is 0 Å². The number of carbonyl (C=O) groups is 2. The summed E-state index contributed by atoms with van der Waals surface area (Å²) in [6.45, 7) is 2.33. The molecule has 0 unspecified atom stereocenters. The minimum absolute atomic E-state index is 0.237. The highest BCUT2D eigenvalue weighted by Gasteiger charge is 2.24. The SMILES string of the molecule is CCc1cc(CC=O)cc2c1C(=O)OC2. The molecular formula is C12H12O3. The number of carbonyl (C=O) groups excluding carboxylic acids is 2. The summed E-state index contributed by atoms with van der Waals surface area (Å²) < 4.78 is 4.97. The second kappa shape index (κ2) is 3.85. The molecule has 1 aromatic carbocycles. The Morgan fingerprint density at radius 1 is 1.47 bits per heavy atom. The third-order valence-electron chi connectivity index (χ3n) is 2.62. The van der Waals surface area contributed by atoms with Gasteiger partial charge < -0.3 is 9.53 Å². The number of hydrogen-bond acceptors (Lipinski definition) is 3. The van der Waals surface area contributed by atoms with Crippen LogP contribution in [-0.4, -0.2) is 12.3 Å². The highest BCUT2D eigenvalue weighted by molar-refractivity contribution is 5.95. The van der Waals surface area contributed by atoms with Gasteiger partial charge in [-0.1, -0.05) is 19.1 Å². The van der Waals surface area contributed by atoms with Crippen molar-refractivity contribution in [2.75, 3.05) is 0 Å². The van der Waals surface area contributed by atoms with E-state index in [0.717, 1.165) is 29.4 Å². The van der Waals surface area contributed by atoms with Gasteiger partial charge in [0.25, 0.3) is 0 Å². The van der Waals surface area contributed by atoms with Gasteiger partial charge in [0.05, 0.1) is 5.56 Å². The van der Waals surface area contributed by atoms with E-state index in [2.05, 4.69) is 0 Å². The quantitative estimate of drug-likeness (QED) is 0.555. The molecule has 0 fully saturated rings. The molecule has 2 rings (SSSR count). The van der Waals surface area contributed by atoms with Crippen molar-refractivity contribution in [2.45, 2.75) is 26.4 Å². The van der Waals surface area contributed by atoms with Crippen molar-refractivity contribution in [2.24, 2.45) is 0 Å². The van der Waals surface area contributed by atoms with Gasteiger partial charge in [-0.2, -0.15) is 0 Å². The number of hydrogen-bond donors (Lipinski definition) is 0. The molecule has 78 valence electrons. The second-order valence-corrected chi connectivity index (χ2v) is 3.59. The van der Waals surface area contributed by atoms with Crippen molar-refractivity contribution in [3.8, 4) is 0 Å². The summed E-state index contributed by atoms with van der Waals surface area (Å²) in [5.41, 5.74) is 3.55. The van der Waals surface area contributed by atoms with E-state index in [9.17, 15) is 9.59 Å². The van der Waals surface area contributed by atoms with Crippen LogP contribution in [0.2, 0.25) is 0 Å². The molecule has 1 aliphatic rings. The van der Waals surface area contributed by atoms with E-state index in [4.69, 9.17) is 4.74 Å². The minimum Gasteiger partial charge on any atom is -0.457 e. The van der Waals surface area contributed by atoms with Crippen molar-refractivity contribution >= 4 is 12.3 Å². The summed E-state index contributed by atoms with van der Waals surface area (Å²) >= 11 is 0. The van der Waals surface area contributed by atoms with Crippen LogP contribution >= 0.6 is 0 Å². The normalized spacial score (nSPS) is 13.5. The maximum Gasteiger partial charge on any atom is 0.339 e. The molecule has 0 bridgehead atoms. The number of aldehydes is 1. The Balaban J connectivity index is 2.52. The van der Waals surface area contributed by atoms with E-state index < -0.39 is 0 Å². The van der Waals surface area contributed by atoms with Crippen LogP contribution in [0.1, 0.15) is 34.0 Å². The van der Waals surface area contributed by atoms with Gasteiger partial charge in [-0.3, -0.25) is 0 Å². The Morgan fingerprint density at radius 2 is 2.27 bits per heavy atom. The molecule has 1 heterocycles. The lowest BCUT2D eigenvalue weighted by molar-refractivity contribution is -0.107. The van der Waals surface area contributed by atoms with Crippen LogP contribution in [0.25, 0.3) is 0 Å². The maximum absolute atomic E-state index is 11.4. The predicted molar refractivity (Wildman–Crippen MR) is 54.7 cm³/mol. The molecule has 0 amide bonds. The van der Waals surface area contributed by atoms with E-state index in [1.807, 2.05) is 19.1 Å². The Morgan fingerprint density at radius 3 is 2.93 bits per heavy atom. The predicted octanol–water partition coefficient (Wildman–Crippen LogP) is 1.66. The van der Waals surface area contributed by atoms with Gasteiger partial charge in [0.15, 0.2) is 0 Å². The van der Waals surface area contributed by atoms with Crippen LogP contribution in [-0.2, 0) is 29.0 Å². The van der Waals surface area contributed by atoms with Crippen LogP contribution in [0.4, 0.5) is 0 Å². The van der Waals surface area contributed by atoms with Gasteiger partial charge in [0, 0.05) is 12.0 Å². The van der Waals surface area contributed by atoms with E-state index in [-0.39, 0.29) is 5.97 Å². The number of fused-ring (bicyclic) bond motifs is 1. The molecular weight excluding hydrogens is 192 g/mol. The first-order valence-corrected chi connectivity index (χ1v) is 5.01. The van der Waals surface area contributed by atoms with Crippen LogP contribution in [0.15, 0.2) is 12.1 Å². The molecule has 0 spiro atoms. The zero-order chi connectivity index (χ0) is 10.8. The standard InChI is InChI=1S/C12H12O3/c1-2-9-5-8(3-4-13)6-10-7-15-12(14)11(9)10/h4-6H,2-3,7H2,1H3. The molecule has 0 N–H and O–H groups in total. The Labute approximate surface area is 88.1 Å². The fourth-order valence-corrected chi connectivity index (χ4v) is 1.92. The summed E-state index contributed by atoms with van der Waals surface area (Å²) in [6.07, 6.45) is 2.05. The zero-order valence-corrected chi connectivity index (χ0v) is 8.58. The fraction of sp³-hybridized carbons (Fsp3) is 0.333. The molecule has 0 aromatic heterocycles. The lowest BCUT2D eigenvalue weighted by Crippen LogP contribution is -2.01. The molecule has 0 aliphatic carbocycles. The molecule has 1 aliphatic heterocycles. The van der Waals surface area contributed by atoms with E-state index in [1.165, 1.54) is 0 Å². The highest BCUT2D eigenvalue weighted by atomic mass is 16.5. The van der Waals surface area contributed by atoms with Crippen LogP contribution in [0.5, 0.6) is 0 Å². The van der Waals surface area contributed by atoms with Gasteiger partial charge in [-0.15, -0.1) is 0 Å². The van der Waals surface area contributed by atoms with E-state index in [0.29, 0.717) is 18.6 Å². The van der Waals surface area contributed by atoms with Crippen molar-refractivity contribution in [3.05, 3.63) is 34.4 Å². The van der Waals surface area contributed by atoms with E-state index >= 15 is 0 Å². The van der Waals surface area contributed by atoms with Gasteiger partial charge in [-0.05, 0) is 17.5 Å². The third-order valence-corrected chi connectivity index (χ3v) is 2.62. The molecule has 15 heavy (non-hydrogen) atoms.